The lowest BCUT2D eigenvalue weighted by molar-refractivity contribution is -0.130. The predicted molar refractivity (Wildman–Crippen MR) is 72.2 cm³/mol. The van der Waals surface area contributed by atoms with Crippen LogP contribution in [0.15, 0.2) is 24.3 Å². The Balaban J connectivity index is 2.34. The second kappa shape index (κ2) is 5.07. The third-order valence-corrected chi connectivity index (χ3v) is 3.28. The van der Waals surface area contributed by atoms with Gasteiger partial charge in [-0.15, -0.1) is 5.92 Å². The quantitative estimate of drug-likeness (QED) is 0.649. The van der Waals surface area contributed by atoms with Gasteiger partial charge < -0.3 is 5.32 Å². The average Bonchev–Trinajstić information content (AvgIpc) is 2.68. The highest BCUT2D eigenvalue weighted by Gasteiger charge is 2.48. The lowest BCUT2D eigenvalue weighted by Crippen LogP contribution is -2.40. The summed E-state index contributed by atoms with van der Waals surface area (Å²) in [5.74, 6) is 5.03. The molecule has 20 heavy (non-hydrogen) atoms. The Labute approximate surface area is 117 Å². The van der Waals surface area contributed by atoms with E-state index in [-0.39, 0.29) is 12.5 Å². The first kappa shape index (κ1) is 13.6. The van der Waals surface area contributed by atoms with E-state index in [1.807, 2.05) is 6.07 Å². The summed E-state index contributed by atoms with van der Waals surface area (Å²) < 4.78 is 0. The standard InChI is InChI=1S/C15H13N3O2/c1-3-4-9-18-13(19)15(2,17-14(18)20)12-7-5-11(10-16)6-8-12/h5-8H,9H2,1-2H3,(H,17,20). The maximum absolute atomic E-state index is 12.4. The van der Waals surface area contributed by atoms with E-state index >= 15 is 0 Å². The summed E-state index contributed by atoms with van der Waals surface area (Å²) in [4.78, 5) is 25.4. The van der Waals surface area contributed by atoms with Gasteiger partial charge in [0.25, 0.3) is 5.91 Å². The molecular formula is C15H13N3O2. The fourth-order valence-corrected chi connectivity index (χ4v) is 2.07. The zero-order chi connectivity index (χ0) is 14.8. The van der Waals surface area contributed by atoms with Crippen molar-refractivity contribution in [3.8, 4) is 17.9 Å². The van der Waals surface area contributed by atoms with Crippen LogP contribution >= 0.6 is 0 Å². The highest BCUT2D eigenvalue weighted by Crippen LogP contribution is 2.28. The van der Waals surface area contributed by atoms with Crippen LogP contribution in [0.5, 0.6) is 0 Å². The molecule has 0 radical (unpaired) electrons. The third kappa shape index (κ3) is 2.10. The van der Waals surface area contributed by atoms with Gasteiger partial charge in [0.1, 0.15) is 5.54 Å². The molecule has 1 aliphatic heterocycles. The Morgan fingerprint density at radius 3 is 2.50 bits per heavy atom. The number of nitrogens with zero attached hydrogens (tertiary/aromatic N) is 2. The van der Waals surface area contributed by atoms with Crippen LogP contribution < -0.4 is 5.32 Å². The maximum Gasteiger partial charge on any atom is 0.326 e. The molecule has 0 aliphatic carbocycles. The number of rotatable bonds is 2. The van der Waals surface area contributed by atoms with Gasteiger partial charge in [0.2, 0.25) is 0 Å². The molecule has 1 heterocycles. The number of nitrogens with one attached hydrogen (secondary N) is 1. The highest BCUT2D eigenvalue weighted by molar-refractivity contribution is 6.07. The molecular weight excluding hydrogens is 254 g/mol. The van der Waals surface area contributed by atoms with Crippen LogP contribution in [0.4, 0.5) is 4.79 Å². The first-order chi connectivity index (χ1) is 9.52. The fraction of sp³-hybridized carbons (Fsp3) is 0.267. The Kier molecular flexibility index (Phi) is 3.45. The molecule has 3 amide bonds. The van der Waals surface area contributed by atoms with Gasteiger partial charge in [0.05, 0.1) is 18.2 Å². The van der Waals surface area contributed by atoms with E-state index in [1.165, 1.54) is 0 Å². The van der Waals surface area contributed by atoms with Gasteiger partial charge in [-0.05, 0) is 31.5 Å². The van der Waals surface area contributed by atoms with Crippen LogP contribution in [0.1, 0.15) is 25.0 Å². The molecule has 1 aliphatic rings. The van der Waals surface area contributed by atoms with Crippen LogP contribution in [0.2, 0.25) is 0 Å². The predicted octanol–water partition coefficient (Wildman–Crippen LogP) is 1.35. The van der Waals surface area contributed by atoms with E-state index < -0.39 is 11.6 Å². The van der Waals surface area contributed by atoms with Gasteiger partial charge in [-0.25, -0.2) is 4.79 Å². The van der Waals surface area contributed by atoms with Crippen molar-refractivity contribution >= 4 is 11.9 Å². The molecule has 1 aromatic rings. The molecule has 2 rings (SSSR count). The number of benzene rings is 1. The number of imide groups is 1. The minimum Gasteiger partial charge on any atom is -0.319 e. The number of carbonyl (C=O) groups excluding carboxylic acids is 2. The van der Waals surface area contributed by atoms with Gasteiger partial charge in [-0.3, -0.25) is 9.69 Å². The molecule has 5 nitrogen and oxygen atoms in total. The smallest absolute Gasteiger partial charge is 0.319 e. The molecule has 100 valence electrons. The first-order valence-corrected chi connectivity index (χ1v) is 6.07. The van der Waals surface area contributed by atoms with Crippen molar-refractivity contribution in [2.45, 2.75) is 19.4 Å². The third-order valence-electron chi connectivity index (χ3n) is 3.28. The number of carbonyl (C=O) groups is 2. The summed E-state index contributed by atoms with van der Waals surface area (Å²) in [6.07, 6.45) is 0. The summed E-state index contributed by atoms with van der Waals surface area (Å²) >= 11 is 0. The summed E-state index contributed by atoms with van der Waals surface area (Å²) in [5.41, 5.74) is 0.0326. The van der Waals surface area contributed by atoms with Crippen LogP contribution in [-0.4, -0.2) is 23.4 Å². The van der Waals surface area contributed by atoms with Gasteiger partial charge in [0.15, 0.2) is 0 Å². The highest BCUT2D eigenvalue weighted by atomic mass is 16.2. The maximum atomic E-state index is 12.4. The molecule has 0 saturated carbocycles. The van der Waals surface area contributed by atoms with Crippen molar-refractivity contribution in [1.29, 1.82) is 5.26 Å². The van der Waals surface area contributed by atoms with E-state index in [1.54, 1.807) is 38.1 Å². The number of nitriles is 1. The number of hydrogen-bond donors (Lipinski definition) is 1. The minimum atomic E-state index is -1.11. The molecule has 0 bridgehead atoms. The summed E-state index contributed by atoms with van der Waals surface area (Å²) in [6, 6.07) is 8.14. The van der Waals surface area contributed by atoms with Crippen molar-refractivity contribution in [2.75, 3.05) is 6.54 Å². The molecule has 1 unspecified atom stereocenters. The van der Waals surface area contributed by atoms with Crippen molar-refractivity contribution < 1.29 is 9.59 Å². The molecule has 1 N–H and O–H groups in total. The second-order valence-electron chi connectivity index (χ2n) is 4.56. The normalized spacial score (nSPS) is 20.9. The Morgan fingerprint density at radius 2 is 1.95 bits per heavy atom. The van der Waals surface area contributed by atoms with E-state index in [4.69, 9.17) is 5.26 Å². The topological polar surface area (TPSA) is 73.2 Å². The molecule has 0 aromatic heterocycles. The van der Waals surface area contributed by atoms with Gasteiger partial charge in [0, 0.05) is 0 Å². The van der Waals surface area contributed by atoms with E-state index in [2.05, 4.69) is 17.2 Å². The molecule has 1 aromatic carbocycles. The van der Waals surface area contributed by atoms with Crippen molar-refractivity contribution in [1.82, 2.24) is 10.2 Å². The molecule has 5 heteroatoms. The van der Waals surface area contributed by atoms with Gasteiger partial charge in [-0.2, -0.15) is 5.26 Å². The number of hydrogen-bond acceptors (Lipinski definition) is 3. The molecule has 1 fully saturated rings. The lowest BCUT2D eigenvalue weighted by Gasteiger charge is -2.21. The zero-order valence-corrected chi connectivity index (χ0v) is 11.2. The summed E-state index contributed by atoms with van der Waals surface area (Å²) in [5, 5.41) is 11.5. The van der Waals surface area contributed by atoms with E-state index in [0.29, 0.717) is 11.1 Å². The second-order valence-corrected chi connectivity index (χ2v) is 4.56. The average molecular weight is 267 g/mol. The number of urea groups is 1. The monoisotopic (exact) mass is 267 g/mol. The van der Waals surface area contributed by atoms with Crippen molar-refractivity contribution in [2.24, 2.45) is 0 Å². The zero-order valence-electron chi connectivity index (χ0n) is 11.2. The Bertz CT molecular complexity index is 661. The number of amides is 3. The fourth-order valence-electron chi connectivity index (χ4n) is 2.07. The molecule has 1 atom stereocenters. The summed E-state index contributed by atoms with van der Waals surface area (Å²) in [7, 11) is 0. The Morgan fingerprint density at radius 1 is 1.30 bits per heavy atom. The SMILES string of the molecule is CC#CCN1C(=O)NC(C)(c2ccc(C#N)cc2)C1=O. The largest absolute Gasteiger partial charge is 0.326 e. The van der Waals surface area contributed by atoms with Crippen LogP contribution in [0.3, 0.4) is 0 Å². The van der Waals surface area contributed by atoms with Crippen LogP contribution in [-0.2, 0) is 10.3 Å². The molecule has 1 saturated heterocycles. The Hall–Kier alpha value is -2.79. The summed E-state index contributed by atoms with van der Waals surface area (Å²) in [6.45, 7) is 3.37. The van der Waals surface area contributed by atoms with Crippen molar-refractivity contribution in [3.63, 3.8) is 0 Å². The lowest BCUT2D eigenvalue weighted by atomic mass is 9.91. The van der Waals surface area contributed by atoms with Gasteiger partial charge >= 0.3 is 6.03 Å². The molecule has 0 spiro atoms. The van der Waals surface area contributed by atoms with Crippen LogP contribution in [0, 0.1) is 23.2 Å². The van der Waals surface area contributed by atoms with Gasteiger partial charge in [-0.1, -0.05) is 18.1 Å². The van der Waals surface area contributed by atoms with E-state index in [0.717, 1.165) is 4.90 Å². The first-order valence-electron chi connectivity index (χ1n) is 6.07. The van der Waals surface area contributed by atoms with Crippen molar-refractivity contribution in [3.05, 3.63) is 35.4 Å². The van der Waals surface area contributed by atoms with Crippen LogP contribution in [0.25, 0.3) is 0 Å². The minimum absolute atomic E-state index is 0.0764. The van der Waals surface area contributed by atoms with E-state index in [9.17, 15) is 9.59 Å².